The van der Waals surface area contributed by atoms with E-state index in [1.54, 1.807) is 23.0 Å². The van der Waals surface area contributed by atoms with Crippen LogP contribution in [0, 0.1) is 5.92 Å². The molecule has 0 spiro atoms. The zero-order valence-electron chi connectivity index (χ0n) is 19.2. The maximum atomic E-state index is 13.4. The summed E-state index contributed by atoms with van der Waals surface area (Å²) in [6.07, 6.45) is 3.34. The van der Waals surface area contributed by atoms with Gasteiger partial charge in [-0.3, -0.25) is 13.9 Å². The van der Waals surface area contributed by atoms with Gasteiger partial charge < -0.3 is 4.90 Å². The third kappa shape index (κ3) is 3.89. The molecule has 1 aromatic carbocycles. The van der Waals surface area contributed by atoms with E-state index in [-0.39, 0.29) is 17.2 Å². The number of piperidine rings is 1. The van der Waals surface area contributed by atoms with Crippen LogP contribution in [0.15, 0.2) is 33.2 Å². The van der Waals surface area contributed by atoms with Gasteiger partial charge in [-0.15, -0.1) is 11.3 Å². The second kappa shape index (κ2) is 8.65. The van der Waals surface area contributed by atoms with E-state index in [1.165, 1.54) is 15.7 Å². The van der Waals surface area contributed by atoms with Crippen LogP contribution >= 0.6 is 22.9 Å². The smallest absolute Gasteiger partial charge is 0.332 e. The van der Waals surface area contributed by atoms with Gasteiger partial charge >= 0.3 is 5.69 Å². The fourth-order valence-electron chi connectivity index (χ4n) is 4.75. The fraction of sp³-hybridized carbons (Fsp3) is 0.458. The number of nitrogens with zero attached hydrogens (tertiary/aromatic N) is 5. The lowest BCUT2D eigenvalue weighted by molar-refractivity contribution is 0.497. The molecule has 3 aromatic heterocycles. The van der Waals surface area contributed by atoms with Crippen LogP contribution in [0.1, 0.15) is 38.7 Å². The number of fused-ring (bicyclic) bond motifs is 2. The second-order valence-corrected chi connectivity index (χ2v) is 10.6. The van der Waals surface area contributed by atoms with E-state index in [0.29, 0.717) is 29.1 Å². The van der Waals surface area contributed by atoms with Gasteiger partial charge in [-0.25, -0.2) is 9.48 Å². The van der Waals surface area contributed by atoms with Crippen molar-refractivity contribution in [1.82, 2.24) is 18.9 Å². The monoisotopic (exact) mass is 485 g/mol. The molecule has 0 radical (unpaired) electrons. The first kappa shape index (κ1) is 22.2. The third-order valence-electron chi connectivity index (χ3n) is 6.34. The molecule has 9 heteroatoms. The summed E-state index contributed by atoms with van der Waals surface area (Å²) in [5.41, 5.74) is 0.997. The van der Waals surface area contributed by atoms with E-state index in [9.17, 15) is 9.59 Å². The van der Waals surface area contributed by atoms with E-state index in [1.807, 2.05) is 22.9 Å². The zero-order valence-corrected chi connectivity index (χ0v) is 20.7. The highest BCUT2D eigenvalue weighted by molar-refractivity contribution is 7.17. The minimum atomic E-state index is -0.316. The average Bonchev–Trinajstić information content (AvgIpc) is 3.37. The average molecular weight is 486 g/mol. The lowest BCUT2D eigenvalue weighted by atomic mass is 10.1. The molecule has 0 saturated carbocycles. The molecule has 0 unspecified atom stereocenters. The van der Waals surface area contributed by atoms with Crippen molar-refractivity contribution in [2.45, 2.75) is 46.2 Å². The van der Waals surface area contributed by atoms with E-state index in [2.05, 4.69) is 24.1 Å². The van der Waals surface area contributed by atoms with Gasteiger partial charge in [0.1, 0.15) is 11.2 Å². The largest absolute Gasteiger partial charge is 0.356 e. The molecule has 0 N–H and O–H groups in total. The maximum Gasteiger partial charge on any atom is 0.332 e. The highest BCUT2D eigenvalue weighted by atomic mass is 35.5. The SMILES string of the molecule is CC(C)Cn1c(=O)n(C)c(=O)c2c(N3CCCCC3)n(Cc3csc4ccc(Cl)cc34)nc21. The van der Waals surface area contributed by atoms with Crippen molar-refractivity contribution in [3.05, 3.63) is 55.0 Å². The van der Waals surface area contributed by atoms with Crippen molar-refractivity contribution in [1.29, 1.82) is 0 Å². The van der Waals surface area contributed by atoms with Crippen LogP contribution in [-0.2, 0) is 20.1 Å². The first-order valence-corrected chi connectivity index (χ1v) is 12.7. The fourth-order valence-corrected chi connectivity index (χ4v) is 5.86. The molecule has 1 aliphatic rings. The summed E-state index contributed by atoms with van der Waals surface area (Å²) < 4.78 is 5.98. The van der Waals surface area contributed by atoms with Crippen molar-refractivity contribution < 1.29 is 0 Å². The van der Waals surface area contributed by atoms with Crippen molar-refractivity contribution in [2.24, 2.45) is 13.0 Å². The molecule has 5 rings (SSSR count). The second-order valence-electron chi connectivity index (χ2n) is 9.28. The summed E-state index contributed by atoms with van der Waals surface area (Å²) >= 11 is 7.96. The lowest BCUT2D eigenvalue weighted by Crippen LogP contribution is -2.39. The van der Waals surface area contributed by atoms with Gasteiger partial charge in [-0.1, -0.05) is 25.4 Å². The Kier molecular flexibility index (Phi) is 5.82. The van der Waals surface area contributed by atoms with Gasteiger partial charge in [0, 0.05) is 36.4 Å². The van der Waals surface area contributed by atoms with E-state index in [4.69, 9.17) is 16.7 Å². The highest BCUT2D eigenvalue weighted by Crippen LogP contribution is 2.32. The Bertz CT molecular complexity index is 1460. The van der Waals surface area contributed by atoms with Crippen LogP contribution in [0.3, 0.4) is 0 Å². The Morgan fingerprint density at radius 2 is 1.91 bits per heavy atom. The number of benzene rings is 1. The van der Waals surface area contributed by atoms with Crippen molar-refractivity contribution in [2.75, 3.05) is 18.0 Å². The molecule has 1 aliphatic heterocycles. The summed E-state index contributed by atoms with van der Waals surface area (Å²) in [5.74, 6) is 1.07. The Morgan fingerprint density at radius 3 is 2.64 bits per heavy atom. The molecular weight excluding hydrogens is 458 g/mol. The van der Waals surface area contributed by atoms with Gasteiger partial charge in [-0.05, 0) is 59.7 Å². The summed E-state index contributed by atoms with van der Waals surface area (Å²) in [6.45, 7) is 6.91. The number of aromatic nitrogens is 4. The molecule has 174 valence electrons. The molecule has 7 nitrogen and oxygen atoms in total. The molecule has 4 aromatic rings. The Morgan fingerprint density at radius 1 is 1.15 bits per heavy atom. The minimum absolute atomic E-state index is 0.245. The summed E-state index contributed by atoms with van der Waals surface area (Å²) in [6, 6.07) is 5.92. The Balaban J connectivity index is 1.76. The summed E-state index contributed by atoms with van der Waals surface area (Å²) in [4.78, 5) is 28.7. The van der Waals surface area contributed by atoms with Crippen molar-refractivity contribution >= 4 is 49.9 Å². The third-order valence-corrected chi connectivity index (χ3v) is 7.59. The van der Waals surface area contributed by atoms with Crippen molar-refractivity contribution in [3.63, 3.8) is 0 Å². The maximum absolute atomic E-state index is 13.4. The van der Waals surface area contributed by atoms with E-state index >= 15 is 0 Å². The summed E-state index contributed by atoms with van der Waals surface area (Å²) in [7, 11) is 1.56. The predicted octanol–water partition coefficient (Wildman–Crippen LogP) is 4.46. The van der Waals surface area contributed by atoms with Gasteiger partial charge in [0.15, 0.2) is 5.65 Å². The van der Waals surface area contributed by atoms with Crippen LogP contribution in [0.2, 0.25) is 5.02 Å². The predicted molar refractivity (Wildman–Crippen MR) is 136 cm³/mol. The zero-order chi connectivity index (χ0) is 23.3. The highest BCUT2D eigenvalue weighted by Gasteiger charge is 2.26. The van der Waals surface area contributed by atoms with Gasteiger partial charge in [0.05, 0.1) is 6.54 Å². The molecule has 33 heavy (non-hydrogen) atoms. The molecule has 1 fully saturated rings. The number of rotatable bonds is 5. The first-order chi connectivity index (χ1) is 15.8. The number of hydrogen-bond donors (Lipinski definition) is 0. The van der Waals surface area contributed by atoms with Crippen LogP contribution in [0.25, 0.3) is 21.1 Å². The van der Waals surface area contributed by atoms with E-state index < -0.39 is 0 Å². The van der Waals surface area contributed by atoms with Crippen LogP contribution in [-0.4, -0.2) is 32.0 Å². The lowest BCUT2D eigenvalue weighted by Gasteiger charge is -2.29. The van der Waals surface area contributed by atoms with Gasteiger partial charge in [-0.2, -0.15) is 5.10 Å². The number of hydrogen-bond acceptors (Lipinski definition) is 5. The standard InChI is InChI=1S/C24H28ClN5O2S/c1-15(2)12-29-21-20(23(31)27(3)24(29)32)22(28-9-5-4-6-10-28)30(26-21)13-16-14-33-19-8-7-17(25)11-18(16)19/h7-8,11,14-15H,4-6,9-10,12-13H2,1-3H3. The molecule has 0 aliphatic carbocycles. The normalized spacial score (nSPS) is 14.8. The molecule has 0 atom stereocenters. The van der Waals surface area contributed by atoms with Gasteiger partial charge in [0.25, 0.3) is 5.56 Å². The van der Waals surface area contributed by atoms with Crippen molar-refractivity contribution in [3.8, 4) is 0 Å². The quantitative estimate of drug-likeness (QED) is 0.418. The minimum Gasteiger partial charge on any atom is -0.356 e. The van der Waals surface area contributed by atoms with Crippen LogP contribution < -0.4 is 16.1 Å². The van der Waals surface area contributed by atoms with Crippen LogP contribution in [0.4, 0.5) is 5.82 Å². The molecular formula is C24H28ClN5O2S. The van der Waals surface area contributed by atoms with E-state index in [0.717, 1.165) is 42.7 Å². The van der Waals surface area contributed by atoms with Gasteiger partial charge in [0.2, 0.25) is 0 Å². The Hall–Kier alpha value is -2.58. The molecule has 0 amide bonds. The first-order valence-electron chi connectivity index (χ1n) is 11.5. The Labute approximate surface area is 200 Å². The number of thiophene rings is 1. The molecule has 1 saturated heterocycles. The topological polar surface area (TPSA) is 65.1 Å². The number of halogens is 1. The van der Waals surface area contributed by atoms with Crippen LogP contribution in [0.5, 0.6) is 0 Å². The molecule has 0 bridgehead atoms. The molecule has 4 heterocycles. The number of anilines is 1. The summed E-state index contributed by atoms with van der Waals surface area (Å²) in [5, 5.41) is 9.37.